The number of carbonyl (C=O) groups excluding carboxylic acids is 3. The highest BCUT2D eigenvalue weighted by Gasteiger charge is 2.37. The normalized spacial score (nSPS) is 17.9. The Kier molecular flexibility index (Phi) is 6.48. The number of rotatable bonds is 5. The molecule has 0 radical (unpaired) electrons. The number of primary amides is 1. The zero-order chi connectivity index (χ0) is 21.1. The van der Waals surface area contributed by atoms with Crippen molar-refractivity contribution in [2.75, 3.05) is 6.54 Å². The molecule has 1 heterocycles. The Bertz CT molecular complexity index is 762. The maximum Gasteiger partial charge on any atom is 0.408 e. The molecule has 1 aliphatic heterocycles. The van der Waals surface area contributed by atoms with Gasteiger partial charge in [0.15, 0.2) is 0 Å². The van der Waals surface area contributed by atoms with Crippen LogP contribution in [0.1, 0.15) is 39.2 Å². The Morgan fingerprint density at radius 1 is 1.39 bits per heavy atom. The minimum absolute atomic E-state index is 0.127. The molecular formula is C19H26FN3O5. The highest BCUT2D eigenvalue weighted by Crippen LogP contribution is 2.21. The Labute approximate surface area is 162 Å². The predicted octanol–water partition coefficient (Wildman–Crippen LogP) is 1.44. The molecule has 8 nitrogen and oxygen atoms in total. The van der Waals surface area contributed by atoms with E-state index in [1.165, 1.54) is 17.0 Å². The Morgan fingerprint density at radius 3 is 2.64 bits per heavy atom. The van der Waals surface area contributed by atoms with Crippen molar-refractivity contribution in [2.45, 2.75) is 57.7 Å². The number of hydrogen-bond acceptors (Lipinski definition) is 5. The molecule has 0 aliphatic carbocycles. The summed E-state index contributed by atoms with van der Waals surface area (Å²) < 4.78 is 19.4. The van der Waals surface area contributed by atoms with Gasteiger partial charge in [-0.25, -0.2) is 9.18 Å². The van der Waals surface area contributed by atoms with Gasteiger partial charge in [0.25, 0.3) is 0 Å². The summed E-state index contributed by atoms with van der Waals surface area (Å²) in [6, 6.07) is 1.62. The second-order valence-electron chi connectivity index (χ2n) is 7.77. The van der Waals surface area contributed by atoms with Crippen LogP contribution in [-0.4, -0.2) is 52.1 Å². The predicted molar refractivity (Wildman–Crippen MR) is 98.9 cm³/mol. The Morgan fingerprint density at radius 2 is 2.07 bits per heavy atom. The minimum Gasteiger partial charge on any atom is -0.508 e. The third-order valence-electron chi connectivity index (χ3n) is 4.31. The molecule has 4 N–H and O–H groups in total. The molecule has 0 aromatic heterocycles. The maximum atomic E-state index is 14.2. The lowest BCUT2D eigenvalue weighted by Crippen LogP contribution is -2.54. The number of aromatic hydroxyl groups is 1. The summed E-state index contributed by atoms with van der Waals surface area (Å²) in [5.41, 5.74) is 4.71. The summed E-state index contributed by atoms with van der Waals surface area (Å²) in [6.07, 6.45) is 0.0336. The maximum absolute atomic E-state index is 14.2. The molecule has 2 rings (SSSR count). The second kappa shape index (κ2) is 8.45. The second-order valence-corrected chi connectivity index (χ2v) is 7.77. The van der Waals surface area contributed by atoms with Gasteiger partial charge in [0, 0.05) is 19.0 Å². The van der Waals surface area contributed by atoms with Gasteiger partial charge in [-0.2, -0.15) is 0 Å². The van der Waals surface area contributed by atoms with Crippen LogP contribution in [0.15, 0.2) is 18.2 Å². The fraction of sp³-hybridized carbons (Fsp3) is 0.526. The fourth-order valence-corrected chi connectivity index (χ4v) is 3.10. The van der Waals surface area contributed by atoms with Crippen LogP contribution < -0.4 is 11.1 Å². The average molecular weight is 395 g/mol. The van der Waals surface area contributed by atoms with Crippen LogP contribution in [0.3, 0.4) is 0 Å². The first-order valence-electron chi connectivity index (χ1n) is 9.04. The standard InChI is InChI=1S/C19H26FN3O5/c1-19(2,3)28-18(27)22-14(9-11-6-7-12(24)10-13(11)20)17(26)23-8-4-5-15(23)16(21)25/h6-7,10,14-15,24H,4-5,8-9H2,1-3H3,(H2,21,25)(H,22,27)/t14-,15-/m0/s1. The van der Waals surface area contributed by atoms with Gasteiger partial charge < -0.3 is 25.8 Å². The third kappa shape index (κ3) is 5.58. The van der Waals surface area contributed by atoms with E-state index in [-0.39, 0.29) is 17.7 Å². The molecule has 2 atom stereocenters. The molecule has 0 bridgehead atoms. The SMILES string of the molecule is CC(C)(C)OC(=O)N[C@@H](Cc1ccc(O)cc1F)C(=O)N1CCC[C@H]1C(N)=O. The molecule has 1 aromatic rings. The summed E-state index contributed by atoms with van der Waals surface area (Å²) in [7, 11) is 0. The van der Waals surface area contributed by atoms with E-state index in [0.717, 1.165) is 6.07 Å². The van der Waals surface area contributed by atoms with E-state index in [1.807, 2.05) is 0 Å². The Hall–Kier alpha value is -2.84. The number of amides is 3. The van der Waals surface area contributed by atoms with Crippen molar-refractivity contribution in [2.24, 2.45) is 5.73 Å². The highest BCUT2D eigenvalue weighted by molar-refractivity contribution is 5.91. The number of likely N-dealkylation sites (tertiary alicyclic amines) is 1. The molecule has 1 fully saturated rings. The summed E-state index contributed by atoms with van der Waals surface area (Å²) in [5, 5.41) is 11.8. The topological polar surface area (TPSA) is 122 Å². The first kappa shape index (κ1) is 21.5. The van der Waals surface area contributed by atoms with E-state index >= 15 is 0 Å². The third-order valence-corrected chi connectivity index (χ3v) is 4.31. The van der Waals surface area contributed by atoms with E-state index in [1.54, 1.807) is 20.8 Å². The van der Waals surface area contributed by atoms with Crippen molar-refractivity contribution in [3.05, 3.63) is 29.6 Å². The van der Waals surface area contributed by atoms with Crippen molar-refractivity contribution >= 4 is 17.9 Å². The summed E-state index contributed by atoms with van der Waals surface area (Å²) >= 11 is 0. The number of phenols is 1. The van der Waals surface area contributed by atoms with E-state index < -0.39 is 41.4 Å². The van der Waals surface area contributed by atoms with E-state index in [2.05, 4.69) is 5.32 Å². The zero-order valence-electron chi connectivity index (χ0n) is 16.2. The lowest BCUT2D eigenvalue weighted by atomic mass is 10.0. The molecule has 154 valence electrons. The summed E-state index contributed by atoms with van der Waals surface area (Å²) in [4.78, 5) is 38.2. The quantitative estimate of drug-likeness (QED) is 0.696. The number of halogens is 1. The fourth-order valence-electron chi connectivity index (χ4n) is 3.10. The van der Waals surface area contributed by atoms with Crippen molar-refractivity contribution in [3.63, 3.8) is 0 Å². The summed E-state index contributed by atoms with van der Waals surface area (Å²) in [6.45, 7) is 5.34. The number of hydrogen-bond donors (Lipinski definition) is 3. The van der Waals surface area contributed by atoms with Crippen LogP contribution in [0.5, 0.6) is 5.75 Å². The molecule has 1 aromatic carbocycles. The molecule has 0 unspecified atom stereocenters. The molecule has 3 amide bonds. The van der Waals surface area contributed by atoms with Crippen LogP contribution in [0, 0.1) is 5.82 Å². The average Bonchev–Trinajstić information content (AvgIpc) is 3.04. The number of carbonyl (C=O) groups is 3. The number of ether oxygens (including phenoxy) is 1. The van der Waals surface area contributed by atoms with Crippen LogP contribution in [-0.2, 0) is 20.7 Å². The van der Waals surface area contributed by atoms with Crippen LogP contribution in [0.25, 0.3) is 0 Å². The highest BCUT2D eigenvalue weighted by atomic mass is 19.1. The molecule has 0 spiro atoms. The molecular weight excluding hydrogens is 369 g/mol. The molecule has 9 heteroatoms. The van der Waals surface area contributed by atoms with Crippen LogP contribution in [0.4, 0.5) is 9.18 Å². The number of nitrogens with two attached hydrogens (primary N) is 1. The van der Waals surface area contributed by atoms with E-state index in [0.29, 0.717) is 19.4 Å². The smallest absolute Gasteiger partial charge is 0.408 e. The largest absolute Gasteiger partial charge is 0.508 e. The molecule has 0 saturated carbocycles. The van der Waals surface area contributed by atoms with Gasteiger partial charge in [-0.3, -0.25) is 9.59 Å². The Balaban J connectivity index is 2.25. The minimum atomic E-state index is -1.16. The van der Waals surface area contributed by atoms with Crippen molar-refractivity contribution in [1.82, 2.24) is 10.2 Å². The van der Waals surface area contributed by atoms with Gasteiger partial charge in [-0.15, -0.1) is 0 Å². The first-order valence-corrected chi connectivity index (χ1v) is 9.04. The van der Waals surface area contributed by atoms with Crippen molar-refractivity contribution in [3.8, 4) is 5.75 Å². The number of nitrogens with zero attached hydrogens (tertiary/aromatic N) is 1. The molecule has 1 aliphatic rings. The lowest BCUT2D eigenvalue weighted by Gasteiger charge is -2.29. The van der Waals surface area contributed by atoms with Crippen LogP contribution >= 0.6 is 0 Å². The van der Waals surface area contributed by atoms with Gasteiger partial charge in [0.1, 0.15) is 29.3 Å². The molecule has 28 heavy (non-hydrogen) atoms. The van der Waals surface area contributed by atoms with Gasteiger partial charge in [-0.05, 0) is 45.2 Å². The van der Waals surface area contributed by atoms with Gasteiger partial charge >= 0.3 is 6.09 Å². The van der Waals surface area contributed by atoms with Crippen molar-refractivity contribution < 1.29 is 28.6 Å². The number of alkyl carbamates (subject to hydrolysis) is 1. The van der Waals surface area contributed by atoms with Gasteiger partial charge in [0.05, 0.1) is 0 Å². The number of phenolic OH excluding ortho intramolecular Hbond substituents is 1. The number of nitrogens with one attached hydrogen (secondary N) is 1. The number of benzene rings is 1. The van der Waals surface area contributed by atoms with Crippen molar-refractivity contribution in [1.29, 1.82) is 0 Å². The zero-order valence-corrected chi connectivity index (χ0v) is 16.2. The van der Waals surface area contributed by atoms with E-state index in [9.17, 15) is 23.9 Å². The molecule has 1 saturated heterocycles. The summed E-state index contributed by atoms with van der Waals surface area (Å²) in [5.74, 6) is -2.13. The monoisotopic (exact) mass is 395 g/mol. The lowest BCUT2D eigenvalue weighted by molar-refractivity contribution is -0.139. The van der Waals surface area contributed by atoms with Crippen LogP contribution in [0.2, 0.25) is 0 Å². The van der Waals surface area contributed by atoms with E-state index in [4.69, 9.17) is 10.5 Å². The first-order chi connectivity index (χ1) is 13.0. The van der Waals surface area contributed by atoms with Gasteiger partial charge in [0.2, 0.25) is 11.8 Å². The van der Waals surface area contributed by atoms with Gasteiger partial charge in [-0.1, -0.05) is 6.07 Å².